The minimum Gasteiger partial charge on any atom is -0.369 e. The Bertz CT molecular complexity index is 1240. The number of primary amides is 1. The van der Waals surface area contributed by atoms with Gasteiger partial charge in [-0.2, -0.15) is 4.31 Å². The zero-order chi connectivity index (χ0) is 24.0. The first-order valence-corrected chi connectivity index (χ1v) is 11.9. The Morgan fingerprint density at radius 1 is 0.909 bits per heavy atom. The molecule has 3 rings (SSSR count). The molecule has 0 aliphatic carbocycles. The summed E-state index contributed by atoms with van der Waals surface area (Å²) in [6.45, 7) is 3.27. The van der Waals surface area contributed by atoms with Gasteiger partial charge < -0.3 is 11.1 Å². The quantitative estimate of drug-likeness (QED) is 0.506. The third-order valence-corrected chi connectivity index (χ3v) is 7.03. The van der Waals surface area contributed by atoms with E-state index in [4.69, 9.17) is 5.73 Å². The van der Waals surface area contributed by atoms with Gasteiger partial charge in [-0.05, 0) is 54.3 Å². The van der Waals surface area contributed by atoms with Crippen LogP contribution in [0.5, 0.6) is 0 Å². The minimum atomic E-state index is -3.94. The van der Waals surface area contributed by atoms with Crippen LogP contribution in [0.1, 0.15) is 22.3 Å². The third kappa shape index (κ3) is 6.50. The first kappa shape index (κ1) is 24.2. The molecule has 0 atom stereocenters. The van der Waals surface area contributed by atoms with Crippen molar-refractivity contribution in [2.45, 2.75) is 31.7 Å². The highest BCUT2D eigenvalue weighted by molar-refractivity contribution is 7.89. The first-order chi connectivity index (χ1) is 15.6. The van der Waals surface area contributed by atoms with Crippen LogP contribution in [0.4, 0.5) is 5.69 Å². The third-order valence-electron chi connectivity index (χ3n) is 5.10. The minimum absolute atomic E-state index is 0.0571. The standard InChI is InChI=1S/C25H27N3O4S/c1-18-8-9-19(2)23(14-18)33(31,32)28(16-21-6-4-3-5-7-21)17-25(30)27-22-12-10-20(11-13-22)15-24(26)29/h3-14H,15-17H2,1-2H3,(H2,26,29)(H,27,30). The van der Waals surface area contributed by atoms with Gasteiger partial charge in [0.1, 0.15) is 0 Å². The predicted octanol–water partition coefficient (Wildman–Crippen LogP) is 3.16. The van der Waals surface area contributed by atoms with Crippen LogP contribution in [0.25, 0.3) is 0 Å². The van der Waals surface area contributed by atoms with E-state index in [0.717, 1.165) is 16.7 Å². The monoisotopic (exact) mass is 465 g/mol. The number of aryl methyl sites for hydroxylation is 2. The topological polar surface area (TPSA) is 110 Å². The van der Waals surface area contributed by atoms with Crippen molar-refractivity contribution in [2.24, 2.45) is 5.73 Å². The second-order valence-electron chi connectivity index (χ2n) is 7.92. The summed E-state index contributed by atoms with van der Waals surface area (Å²) in [5.74, 6) is -0.914. The van der Waals surface area contributed by atoms with Crippen molar-refractivity contribution in [1.82, 2.24) is 4.31 Å². The zero-order valence-electron chi connectivity index (χ0n) is 18.6. The Morgan fingerprint density at radius 3 is 2.21 bits per heavy atom. The van der Waals surface area contributed by atoms with E-state index in [1.54, 1.807) is 43.3 Å². The van der Waals surface area contributed by atoms with Crippen LogP contribution in [0.2, 0.25) is 0 Å². The lowest BCUT2D eigenvalue weighted by Crippen LogP contribution is -2.37. The van der Waals surface area contributed by atoms with E-state index in [2.05, 4.69) is 5.32 Å². The van der Waals surface area contributed by atoms with Crippen LogP contribution < -0.4 is 11.1 Å². The Balaban J connectivity index is 1.84. The van der Waals surface area contributed by atoms with Gasteiger partial charge in [0.2, 0.25) is 21.8 Å². The summed E-state index contributed by atoms with van der Waals surface area (Å²) in [6, 6.07) is 21.1. The van der Waals surface area contributed by atoms with Crippen LogP contribution >= 0.6 is 0 Å². The van der Waals surface area contributed by atoms with Crippen molar-refractivity contribution in [1.29, 1.82) is 0 Å². The number of rotatable bonds is 9. The SMILES string of the molecule is Cc1ccc(C)c(S(=O)(=O)N(CC(=O)Nc2ccc(CC(N)=O)cc2)Cc2ccccc2)c1. The van der Waals surface area contributed by atoms with Gasteiger partial charge in [0, 0.05) is 12.2 Å². The van der Waals surface area contributed by atoms with Crippen LogP contribution in [-0.4, -0.2) is 31.1 Å². The molecular weight excluding hydrogens is 438 g/mol. The van der Waals surface area contributed by atoms with E-state index in [1.165, 1.54) is 4.31 Å². The lowest BCUT2D eigenvalue weighted by molar-refractivity contribution is -0.117. The molecule has 0 bridgehead atoms. The summed E-state index contributed by atoms with van der Waals surface area (Å²) in [5, 5.41) is 2.73. The highest BCUT2D eigenvalue weighted by Gasteiger charge is 2.28. The molecule has 0 aliphatic heterocycles. The summed E-state index contributed by atoms with van der Waals surface area (Å²) in [7, 11) is -3.94. The van der Waals surface area contributed by atoms with E-state index in [-0.39, 0.29) is 24.4 Å². The van der Waals surface area contributed by atoms with Crippen LogP contribution in [0.15, 0.2) is 77.7 Å². The fourth-order valence-electron chi connectivity index (χ4n) is 3.41. The molecular formula is C25H27N3O4S. The Hall–Kier alpha value is -3.49. The lowest BCUT2D eigenvalue weighted by atomic mass is 10.1. The number of hydrogen-bond acceptors (Lipinski definition) is 4. The molecule has 8 heteroatoms. The van der Waals surface area contributed by atoms with E-state index < -0.39 is 21.8 Å². The number of carbonyl (C=O) groups is 2. The number of nitrogens with one attached hydrogen (secondary N) is 1. The second kappa shape index (κ2) is 10.4. The first-order valence-electron chi connectivity index (χ1n) is 10.4. The van der Waals surface area contributed by atoms with Crippen LogP contribution in [-0.2, 0) is 32.6 Å². The Morgan fingerprint density at radius 2 is 1.58 bits per heavy atom. The summed E-state index contributed by atoms with van der Waals surface area (Å²) in [5.41, 5.74) is 8.63. The molecule has 3 N–H and O–H groups in total. The fourth-order valence-corrected chi connectivity index (χ4v) is 5.10. The van der Waals surface area contributed by atoms with Gasteiger partial charge in [-0.1, -0.05) is 54.6 Å². The molecule has 3 aromatic carbocycles. The van der Waals surface area contributed by atoms with E-state index in [9.17, 15) is 18.0 Å². The lowest BCUT2D eigenvalue weighted by Gasteiger charge is -2.23. The molecule has 0 heterocycles. The van der Waals surface area contributed by atoms with E-state index in [1.807, 2.05) is 43.3 Å². The number of nitrogens with zero attached hydrogens (tertiary/aromatic N) is 1. The Labute approximate surface area is 194 Å². The van der Waals surface area contributed by atoms with Gasteiger partial charge in [-0.3, -0.25) is 9.59 Å². The van der Waals surface area contributed by atoms with Crippen molar-refractivity contribution in [3.8, 4) is 0 Å². The highest BCUT2D eigenvalue weighted by atomic mass is 32.2. The molecule has 0 unspecified atom stereocenters. The van der Waals surface area contributed by atoms with Crippen molar-refractivity contribution >= 4 is 27.5 Å². The molecule has 172 valence electrons. The average molecular weight is 466 g/mol. The van der Waals surface area contributed by atoms with Crippen molar-refractivity contribution in [2.75, 3.05) is 11.9 Å². The zero-order valence-corrected chi connectivity index (χ0v) is 19.4. The predicted molar refractivity (Wildman–Crippen MR) is 128 cm³/mol. The van der Waals surface area contributed by atoms with Gasteiger partial charge >= 0.3 is 0 Å². The summed E-state index contributed by atoms with van der Waals surface area (Å²) in [6.07, 6.45) is 0.104. The van der Waals surface area contributed by atoms with Crippen LogP contribution in [0, 0.1) is 13.8 Å². The molecule has 0 radical (unpaired) electrons. The van der Waals surface area contributed by atoms with Gasteiger partial charge in [-0.25, -0.2) is 8.42 Å². The highest BCUT2D eigenvalue weighted by Crippen LogP contribution is 2.23. The molecule has 0 spiro atoms. The maximum atomic E-state index is 13.5. The largest absolute Gasteiger partial charge is 0.369 e. The van der Waals surface area contributed by atoms with Gasteiger partial charge in [0.15, 0.2) is 0 Å². The molecule has 0 saturated heterocycles. The number of amides is 2. The van der Waals surface area contributed by atoms with E-state index >= 15 is 0 Å². The number of carbonyl (C=O) groups excluding carboxylic acids is 2. The molecule has 2 amide bonds. The number of benzene rings is 3. The average Bonchev–Trinajstić information content (AvgIpc) is 2.76. The maximum Gasteiger partial charge on any atom is 0.244 e. The molecule has 7 nitrogen and oxygen atoms in total. The number of hydrogen-bond donors (Lipinski definition) is 2. The molecule has 0 aromatic heterocycles. The normalized spacial score (nSPS) is 11.4. The molecule has 0 fully saturated rings. The fraction of sp³-hybridized carbons (Fsp3) is 0.200. The summed E-state index contributed by atoms with van der Waals surface area (Å²) < 4.78 is 28.3. The Kier molecular flexibility index (Phi) is 7.63. The van der Waals surface area contributed by atoms with Gasteiger partial charge in [0.05, 0.1) is 17.9 Å². The molecule has 0 saturated carbocycles. The maximum absolute atomic E-state index is 13.5. The smallest absolute Gasteiger partial charge is 0.244 e. The van der Waals surface area contributed by atoms with Gasteiger partial charge in [0.25, 0.3) is 0 Å². The number of anilines is 1. The second-order valence-corrected chi connectivity index (χ2v) is 9.82. The number of sulfonamides is 1. The van der Waals surface area contributed by atoms with Crippen molar-refractivity contribution < 1.29 is 18.0 Å². The molecule has 0 aliphatic rings. The van der Waals surface area contributed by atoms with Gasteiger partial charge in [-0.15, -0.1) is 0 Å². The van der Waals surface area contributed by atoms with Crippen LogP contribution in [0.3, 0.4) is 0 Å². The number of nitrogens with two attached hydrogens (primary N) is 1. The van der Waals surface area contributed by atoms with Crippen molar-refractivity contribution in [3.63, 3.8) is 0 Å². The van der Waals surface area contributed by atoms with E-state index in [0.29, 0.717) is 11.3 Å². The summed E-state index contributed by atoms with van der Waals surface area (Å²) in [4.78, 5) is 24.0. The molecule has 3 aromatic rings. The summed E-state index contributed by atoms with van der Waals surface area (Å²) >= 11 is 0. The molecule has 33 heavy (non-hydrogen) atoms. The van der Waals surface area contributed by atoms with Crippen molar-refractivity contribution in [3.05, 3.63) is 95.1 Å².